The zero-order valence-electron chi connectivity index (χ0n) is 13.0. The molecular weight excluding hydrogens is 284 g/mol. The van der Waals surface area contributed by atoms with E-state index in [-0.39, 0.29) is 6.10 Å². The monoisotopic (exact) mass is 308 g/mol. The van der Waals surface area contributed by atoms with Crippen LogP contribution in [0, 0.1) is 5.92 Å². The predicted molar refractivity (Wildman–Crippen MR) is 80.4 cm³/mol. The first-order chi connectivity index (χ1) is 10.7. The number of carbonyl (C=O) groups is 1. The Morgan fingerprint density at radius 1 is 1.50 bits per heavy atom. The van der Waals surface area contributed by atoms with Gasteiger partial charge >= 0.3 is 5.97 Å². The molecule has 7 heteroatoms. The number of aromatic nitrogens is 2. The van der Waals surface area contributed by atoms with Gasteiger partial charge in [-0.25, -0.2) is 4.79 Å². The van der Waals surface area contributed by atoms with Crippen molar-refractivity contribution in [3.63, 3.8) is 0 Å². The summed E-state index contributed by atoms with van der Waals surface area (Å²) in [5.41, 5.74) is 1.36. The zero-order valence-corrected chi connectivity index (χ0v) is 13.0. The molecule has 0 aromatic carbocycles. The van der Waals surface area contributed by atoms with E-state index in [1.165, 1.54) is 7.11 Å². The fourth-order valence-electron chi connectivity index (χ4n) is 3.32. The molecule has 3 rings (SSSR count). The van der Waals surface area contributed by atoms with Crippen LogP contribution >= 0.6 is 0 Å². The van der Waals surface area contributed by atoms with Crippen LogP contribution in [-0.4, -0.2) is 65.1 Å². The molecule has 1 unspecified atom stereocenters. The number of hydrogen-bond donors (Lipinski definition) is 2. The van der Waals surface area contributed by atoms with Gasteiger partial charge in [0, 0.05) is 19.6 Å². The summed E-state index contributed by atoms with van der Waals surface area (Å²) in [5.74, 6) is -0.0121. The van der Waals surface area contributed by atoms with Crippen LogP contribution in [-0.2, 0) is 17.8 Å². The lowest BCUT2D eigenvalue weighted by Crippen LogP contribution is -2.43. The molecule has 0 amide bonds. The van der Waals surface area contributed by atoms with Gasteiger partial charge in [0.25, 0.3) is 0 Å². The number of aliphatic hydroxyl groups is 1. The summed E-state index contributed by atoms with van der Waals surface area (Å²) in [6.07, 6.45) is 1.80. The molecule has 0 aliphatic carbocycles. The second-order valence-corrected chi connectivity index (χ2v) is 6.13. The number of nitrogens with one attached hydrogen (secondary N) is 1. The van der Waals surface area contributed by atoms with Crippen LogP contribution in [0.5, 0.6) is 0 Å². The number of nitrogens with zero attached hydrogens (tertiary/aromatic N) is 3. The minimum atomic E-state index is -0.400. The van der Waals surface area contributed by atoms with Crippen LogP contribution in [0.3, 0.4) is 0 Å². The van der Waals surface area contributed by atoms with E-state index in [0.717, 1.165) is 44.7 Å². The molecule has 0 radical (unpaired) electrons. The Balaban J connectivity index is 1.59. The average Bonchev–Trinajstić information content (AvgIpc) is 2.98. The highest BCUT2D eigenvalue weighted by molar-refractivity contribution is 5.87. The first-order valence-electron chi connectivity index (χ1n) is 7.93. The van der Waals surface area contributed by atoms with E-state index < -0.39 is 5.97 Å². The van der Waals surface area contributed by atoms with E-state index in [0.29, 0.717) is 24.7 Å². The van der Waals surface area contributed by atoms with E-state index in [9.17, 15) is 9.90 Å². The summed E-state index contributed by atoms with van der Waals surface area (Å²) in [6.45, 7) is 4.98. The molecule has 2 aliphatic heterocycles. The van der Waals surface area contributed by atoms with Gasteiger partial charge in [-0.3, -0.25) is 9.58 Å². The van der Waals surface area contributed by atoms with Crippen molar-refractivity contribution in [1.82, 2.24) is 20.0 Å². The van der Waals surface area contributed by atoms with Crippen molar-refractivity contribution in [1.29, 1.82) is 0 Å². The topological polar surface area (TPSA) is 79.6 Å². The van der Waals surface area contributed by atoms with Gasteiger partial charge in [0.1, 0.15) is 0 Å². The maximum Gasteiger partial charge on any atom is 0.358 e. The minimum absolute atomic E-state index is 0.281. The fraction of sp³-hybridized carbons (Fsp3) is 0.733. The third kappa shape index (κ3) is 3.31. The third-order valence-corrected chi connectivity index (χ3v) is 4.64. The van der Waals surface area contributed by atoms with E-state index >= 15 is 0 Å². The zero-order chi connectivity index (χ0) is 15.5. The second kappa shape index (κ2) is 6.76. The summed E-state index contributed by atoms with van der Waals surface area (Å²) in [7, 11) is 1.36. The lowest BCUT2D eigenvalue weighted by Gasteiger charge is -2.33. The summed E-state index contributed by atoms with van der Waals surface area (Å²) in [5, 5.41) is 18.0. The molecule has 2 aliphatic rings. The van der Waals surface area contributed by atoms with Crippen molar-refractivity contribution in [2.24, 2.45) is 5.92 Å². The molecule has 22 heavy (non-hydrogen) atoms. The molecule has 3 heterocycles. The summed E-state index contributed by atoms with van der Waals surface area (Å²) in [4.78, 5) is 13.8. The largest absolute Gasteiger partial charge is 0.464 e. The number of aliphatic hydroxyl groups excluding tert-OH is 1. The van der Waals surface area contributed by atoms with Gasteiger partial charge in [-0.05, 0) is 37.9 Å². The molecule has 0 saturated carbocycles. The lowest BCUT2D eigenvalue weighted by molar-refractivity contribution is 0.0412. The number of piperidine rings is 1. The molecule has 1 atom stereocenters. The number of β-amino-alcohol motifs (C(OH)–C–C–N with tert-alkyl or cyclic N) is 1. The molecule has 122 valence electrons. The second-order valence-electron chi connectivity index (χ2n) is 6.13. The Morgan fingerprint density at radius 3 is 3.00 bits per heavy atom. The number of esters is 1. The highest BCUT2D eigenvalue weighted by Gasteiger charge is 2.26. The molecule has 7 nitrogen and oxygen atoms in total. The third-order valence-electron chi connectivity index (χ3n) is 4.64. The molecule has 2 N–H and O–H groups in total. The van der Waals surface area contributed by atoms with Gasteiger partial charge in [-0.1, -0.05) is 0 Å². The quantitative estimate of drug-likeness (QED) is 0.753. The van der Waals surface area contributed by atoms with Crippen LogP contribution in [0.4, 0.5) is 0 Å². The number of hydrogen-bond acceptors (Lipinski definition) is 6. The Hall–Kier alpha value is -1.44. The van der Waals surface area contributed by atoms with Gasteiger partial charge in [0.2, 0.25) is 0 Å². The van der Waals surface area contributed by atoms with Crippen LogP contribution < -0.4 is 5.32 Å². The smallest absolute Gasteiger partial charge is 0.358 e. The van der Waals surface area contributed by atoms with Gasteiger partial charge in [0.15, 0.2) is 5.69 Å². The van der Waals surface area contributed by atoms with Crippen LogP contribution in [0.2, 0.25) is 0 Å². The maximum atomic E-state index is 11.5. The predicted octanol–water partition coefficient (Wildman–Crippen LogP) is -0.154. The standard InChI is InChI=1S/C15H24N4O3/c1-22-15(21)13-8-12-9-18(6-7-19(12)17-13)10-14(20)11-2-4-16-5-3-11/h8,11,14,16,20H,2-7,9-10H2,1H3. The molecule has 0 spiro atoms. The lowest BCUT2D eigenvalue weighted by atomic mass is 9.92. The molecule has 0 bridgehead atoms. The first kappa shape index (κ1) is 15.5. The van der Waals surface area contributed by atoms with Gasteiger partial charge < -0.3 is 15.2 Å². The number of methoxy groups -OCH3 is 1. The fourth-order valence-corrected chi connectivity index (χ4v) is 3.32. The number of carbonyl (C=O) groups excluding carboxylic acids is 1. The Morgan fingerprint density at radius 2 is 2.27 bits per heavy atom. The van der Waals surface area contributed by atoms with Gasteiger partial charge in [-0.15, -0.1) is 0 Å². The molecular formula is C15H24N4O3. The molecule has 1 aromatic heterocycles. The van der Waals surface area contributed by atoms with Crippen molar-refractivity contribution in [3.8, 4) is 0 Å². The maximum absolute atomic E-state index is 11.5. The minimum Gasteiger partial charge on any atom is -0.464 e. The summed E-state index contributed by atoms with van der Waals surface area (Å²) < 4.78 is 6.57. The average molecular weight is 308 g/mol. The summed E-state index contributed by atoms with van der Waals surface area (Å²) in [6, 6.07) is 1.79. The normalized spacial score (nSPS) is 21.4. The van der Waals surface area contributed by atoms with Gasteiger partial charge in [0.05, 0.1) is 25.5 Å². The van der Waals surface area contributed by atoms with Crippen molar-refractivity contribution in [2.75, 3.05) is 33.3 Å². The van der Waals surface area contributed by atoms with Gasteiger partial charge in [-0.2, -0.15) is 5.10 Å². The van der Waals surface area contributed by atoms with Crippen LogP contribution in [0.25, 0.3) is 0 Å². The number of fused-ring (bicyclic) bond motifs is 1. The van der Waals surface area contributed by atoms with Crippen molar-refractivity contribution in [3.05, 3.63) is 17.5 Å². The Kier molecular flexibility index (Phi) is 4.75. The summed E-state index contributed by atoms with van der Waals surface area (Å²) >= 11 is 0. The van der Waals surface area contributed by atoms with E-state index in [1.54, 1.807) is 6.07 Å². The van der Waals surface area contributed by atoms with Crippen LogP contribution in [0.15, 0.2) is 6.07 Å². The molecule has 1 aromatic rings. The van der Waals surface area contributed by atoms with Crippen molar-refractivity contribution in [2.45, 2.75) is 32.0 Å². The SMILES string of the molecule is COC(=O)c1cc2n(n1)CCN(CC(O)C1CCNCC1)C2. The first-order valence-corrected chi connectivity index (χ1v) is 7.93. The number of rotatable bonds is 4. The molecule has 1 saturated heterocycles. The van der Waals surface area contributed by atoms with Crippen LogP contribution in [0.1, 0.15) is 29.0 Å². The van der Waals surface area contributed by atoms with E-state index in [2.05, 4.69) is 15.3 Å². The Bertz CT molecular complexity index is 525. The van der Waals surface area contributed by atoms with Crippen molar-refractivity contribution >= 4 is 5.97 Å². The van der Waals surface area contributed by atoms with Crippen molar-refractivity contribution < 1.29 is 14.6 Å². The van der Waals surface area contributed by atoms with E-state index in [4.69, 9.17) is 4.74 Å². The van der Waals surface area contributed by atoms with E-state index in [1.807, 2.05) is 4.68 Å². The highest BCUT2D eigenvalue weighted by atomic mass is 16.5. The Labute approximate surface area is 130 Å². The molecule has 1 fully saturated rings. The highest BCUT2D eigenvalue weighted by Crippen LogP contribution is 2.20. The number of ether oxygens (including phenoxy) is 1.